The van der Waals surface area contributed by atoms with Gasteiger partial charge in [-0.15, -0.1) is 0 Å². The Kier molecular flexibility index (Phi) is 0.957. The van der Waals surface area contributed by atoms with Crippen LogP contribution >= 0.6 is 0 Å². The van der Waals surface area contributed by atoms with Crippen LogP contribution in [0.25, 0.3) is 0 Å². The quantitative estimate of drug-likeness (QED) is 0.397. The highest BCUT2D eigenvalue weighted by Gasteiger charge is 2.45. The first-order chi connectivity index (χ1) is 4.29. The van der Waals surface area contributed by atoms with Crippen molar-refractivity contribution in [2.24, 2.45) is 0 Å². The minimum Gasteiger partial charge on any atom is -0.348 e. The van der Waals surface area contributed by atoms with E-state index in [9.17, 15) is 0 Å². The third kappa shape index (κ3) is 0.884. The second-order valence-electron chi connectivity index (χ2n) is 2.89. The first kappa shape index (κ1) is 5.45. The Morgan fingerprint density at radius 1 is 1.67 bits per heavy atom. The predicted molar refractivity (Wildman–Crippen MR) is 35.0 cm³/mol. The Labute approximate surface area is 55.1 Å². The van der Waals surface area contributed by atoms with E-state index in [2.05, 4.69) is 11.0 Å². The molecule has 50 valence electrons. The summed E-state index contributed by atoms with van der Waals surface area (Å²) in [6.07, 6.45) is 4.27. The van der Waals surface area contributed by atoms with E-state index < -0.39 is 0 Å². The lowest BCUT2D eigenvalue weighted by atomic mass is 10.3. The SMILES string of the molecule is CN(C)C1OC1C1=CC1. The average molecular weight is 125 g/mol. The molecule has 0 amide bonds. The first-order valence-electron chi connectivity index (χ1n) is 3.30. The van der Waals surface area contributed by atoms with E-state index in [0.717, 1.165) is 0 Å². The molecule has 2 rings (SSSR count). The van der Waals surface area contributed by atoms with Gasteiger partial charge in [0.1, 0.15) is 12.3 Å². The second kappa shape index (κ2) is 1.58. The summed E-state index contributed by atoms with van der Waals surface area (Å²) in [5.41, 5.74) is 1.49. The van der Waals surface area contributed by atoms with Gasteiger partial charge in [0, 0.05) is 0 Å². The van der Waals surface area contributed by atoms with Crippen molar-refractivity contribution in [1.82, 2.24) is 4.90 Å². The summed E-state index contributed by atoms with van der Waals surface area (Å²) in [7, 11) is 4.10. The summed E-state index contributed by atoms with van der Waals surface area (Å²) in [6.45, 7) is 0. The Bertz CT molecular complexity index is 162. The number of likely N-dealkylation sites (N-methyl/N-ethyl adjacent to an activating group) is 1. The molecule has 0 N–H and O–H groups in total. The van der Waals surface area contributed by atoms with Gasteiger partial charge in [-0.2, -0.15) is 0 Å². The van der Waals surface area contributed by atoms with E-state index in [1.165, 1.54) is 12.0 Å². The van der Waals surface area contributed by atoms with Crippen LogP contribution in [-0.2, 0) is 4.74 Å². The second-order valence-corrected chi connectivity index (χ2v) is 2.89. The monoisotopic (exact) mass is 125 g/mol. The Hall–Kier alpha value is -0.340. The van der Waals surface area contributed by atoms with Gasteiger partial charge in [-0.25, -0.2) is 0 Å². The fourth-order valence-electron chi connectivity index (χ4n) is 1.06. The molecule has 2 atom stereocenters. The van der Waals surface area contributed by atoms with Crippen LogP contribution in [0.3, 0.4) is 0 Å². The Balaban J connectivity index is 1.88. The zero-order chi connectivity index (χ0) is 6.43. The highest BCUT2D eigenvalue weighted by Crippen LogP contribution is 2.38. The molecule has 0 bridgehead atoms. The summed E-state index contributed by atoms with van der Waals surface area (Å²) in [5.74, 6) is 0. The highest BCUT2D eigenvalue weighted by molar-refractivity contribution is 5.31. The molecule has 0 aromatic heterocycles. The number of rotatable bonds is 2. The molecule has 1 aliphatic heterocycles. The number of nitrogens with zero attached hydrogens (tertiary/aromatic N) is 1. The molecule has 1 heterocycles. The van der Waals surface area contributed by atoms with E-state index in [4.69, 9.17) is 4.74 Å². The van der Waals surface area contributed by atoms with Gasteiger partial charge in [-0.1, -0.05) is 6.08 Å². The smallest absolute Gasteiger partial charge is 0.141 e. The molecule has 0 aromatic rings. The molecule has 2 aliphatic rings. The van der Waals surface area contributed by atoms with E-state index >= 15 is 0 Å². The van der Waals surface area contributed by atoms with Crippen molar-refractivity contribution >= 4 is 0 Å². The summed E-state index contributed by atoms with van der Waals surface area (Å²) in [5, 5.41) is 0. The van der Waals surface area contributed by atoms with Gasteiger partial charge in [-0.3, -0.25) is 4.90 Å². The van der Waals surface area contributed by atoms with Crippen LogP contribution in [0.1, 0.15) is 6.42 Å². The van der Waals surface area contributed by atoms with Crippen molar-refractivity contribution in [2.45, 2.75) is 18.8 Å². The summed E-state index contributed by atoms with van der Waals surface area (Å²) in [4.78, 5) is 2.11. The molecular weight excluding hydrogens is 114 g/mol. The number of ether oxygens (including phenoxy) is 1. The molecule has 1 fully saturated rings. The maximum atomic E-state index is 5.36. The Morgan fingerprint density at radius 2 is 2.33 bits per heavy atom. The van der Waals surface area contributed by atoms with Crippen LogP contribution in [0.15, 0.2) is 11.6 Å². The molecule has 1 aliphatic carbocycles. The van der Waals surface area contributed by atoms with Crippen molar-refractivity contribution in [2.75, 3.05) is 14.1 Å². The van der Waals surface area contributed by atoms with Gasteiger partial charge < -0.3 is 4.74 Å². The van der Waals surface area contributed by atoms with Gasteiger partial charge in [0.25, 0.3) is 0 Å². The van der Waals surface area contributed by atoms with Crippen LogP contribution < -0.4 is 0 Å². The van der Waals surface area contributed by atoms with E-state index in [1.54, 1.807) is 0 Å². The largest absolute Gasteiger partial charge is 0.348 e. The molecule has 2 heteroatoms. The fourth-order valence-corrected chi connectivity index (χ4v) is 1.06. The van der Waals surface area contributed by atoms with Crippen LogP contribution in [0.4, 0.5) is 0 Å². The molecule has 2 nitrogen and oxygen atoms in total. The molecule has 9 heavy (non-hydrogen) atoms. The zero-order valence-corrected chi connectivity index (χ0v) is 5.79. The van der Waals surface area contributed by atoms with Gasteiger partial charge in [0.15, 0.2) is 0 Å². The van der Waals surface area contributed by atoms with Gasteiger partial charge >= 0.3 is 0 Å². The number of allylic oxidation sites excluding steroid dienone is 1. The van der Waals surface area contributed by atoms with Gasteiger partial charge in [-0.05, 0) is 26.1 Å². The topological polar surface area (TPSA) is 15.8 Å². The van der Waals surface area contributed by atoms with E-state index in [1.807, 2.05) is 14.1 Å². The lowest BCUT2D eigenvalue weighted by Crippen LogP contribution is -2.17. The Morgan fingerprint density at radius 3 is 2.67 bits per heavy atom. The minimum absolute atomic E-state index is 0.388. The lowest BCUT2D eigenvalue weighted by Gasteiger charge is -2.01. The standard InChI is InChI=1S/C7H11NO/c1-8(2)7-6(9-7)5-3-4-5/h3,6-7H,4H2,1-2H3. The maximum absolute atomic E-state index is 5.36. The molecule has 2 unspecified atom stereocenters. The van der Waals surface area contributed by atoms with Crippen LogP contribution in [-0.4, -0.2) is 31.3 Å². The third-order valence-corrected chi connectivity index (χ3v) is 1.78. The molecule has 0 radical (unpaired) electrons. The molecule has 0 saturated carbocycles. The van der Waals surface area contributed by atoms with Crippen molar-refractivity contribution in [3.63, 3.8) is 0 Å². The third-order valence-electron chi connectivity index (χ3n) is 1.78. The number of epoxide rings is 1. The van der Waals surface area contributed by atoms with E-state index in [-0.39, 0.29) is 0 Å². The molecule has 1 saturated heterocycles. The lowest BCUT2D eigenvalue weighted by molar-refractivity contribution is 0.246. The van der Waals surface area contributed by atoms with Crippen molar-refractivity contribution < 1.29 is 4.74 Å². The maximum Gasteiger partial charge on any atom is 0.141 e. The van der Waals surface area contributed by atoms with Crippen LogP contribution in [0, 0.1) is 0 Å². The summed E-state index contributed by atoms with van der Waals surface area (Å²) >= 11 is 0. The van der Waals surface area contributed by atoms with E-state index in [0.29, 0.717) is 12.3 Å². The average Bonchev–Trinajstić information content (AvgIpc) is 2.60. The number of hydrogen-bond acceptors (Lipinski definition) is 2. The van der Waals surface area contributed by atoms with Crippen LogP contribution in [0.2, 0.25) is 0 Å². The van der Waals surface area contributed by atoms with Gasteiger partial charge in [0.05, 0.1) is 0 Å². The van der Waals surface area contributed by atoms with Crippen molar-refractivity contribution in [3.8, 4) is 0 Å². The summed E-state index contributed by atoms with van der Waals surface area (Å²) in [6, 6.07) is 0. The van der Waals surface area contributed by atoms with Crippen molar-refractivity contribution in [1.29, 1.82) is 0 Å². The predicted octanol–water partition coefficient (Wildman–Crippen LogP) is 0.603. The van der Waals surface area contributed by atoms with Crippen LogP contribution in [0.5, 0.6) is 0 Å². The fraction of sp³-hybridized carbons (Fsp3) is 0.714. The minimum atomic E-state index is 0.388. The highest BCUT2D eigenvalue weighted by atomic mass is 16.6. The zero-order valence-electron chi connectivity index (χ0n) is 5.79. The molecular formula is C7H11NO. The molecule has 0 spiro atoms. The van der Waals surface area contributed by atoms with Crippen molar-refractivity contribution in [3.05, 3.63) is 11.6 Å². The first-order valence-corrected chi connectivity index (χ1v) is 3.30. The summed E-state index contributed by atoms with van der Waals surface area (Å²) < 4.78 is 5.36. The van der Waals surface area contributed by atoms with Gasteiger partial charge in [0.2, 0.25) is 0 Å². The molecule has 0 aromatic carbocycles. The normalized spacial score (nSPS) is 38.8. The number of hydrogen-bond donors (Lipinski definition) is 0.